The number of aliphatic hydroxyl groups excluding tert-OH is 1. The van der Waals surface area contributed by atoms with Crippen LogP contribution in [0.2, 0.25) is 0 Å². The van der Waals surface area contributed by atoms with Crippen LogP contribution >= 0.6 is 0 Å². The van der Waals surface area contributed by atoms with Crippen molar-refractivity contribution in [3.05, 3.63) is 0 Å². The molecular weight excluding hydrogens is 396 g/mol. The Hall–Kier alpha value is -2.49. The molecule has 0 aliphatic rings. The van der Waals surface area contributed by atoms with E-state index in [2.05, 4.69) is 23.7 Å². The number of hydrogen-bond donors (Lipinski definition) is 1. The van der Waals surface area contributed by atoms with Crippen molar-refractivity contribution in [1.29, 1.82) is 0 Å². The van der Waals surface area contributed by atoms with E-state index in [-0.39, 0.29) is 31.7 Å². The molecule has 3 atom stereocenters. The van der Waals surface area contributed by atoms with E-state index in [1.165, 1.54) is 0 Å². The van der Waals surface area contributed by atoms with E-state index >= 15 is 0 Å². The van der Waals surface area contributed by atoms with E-state index in [4.69, 9.17) is 39.9 Å². The van der Waals surface area contributed by atoms with E-state index in [1.54, 1.807) is 6.92 Å². The Morgan fingerprint density at radius 3 is 1.84 bits per heavy atom. The third-order valence-electron chi connectivity index (χ3n) is 4.06. The molecule has 1 N–H and O–H groups in total. The van der Waals surface area contributed by atoms with E-state index in [9.17, 15) is 9.90 Å². The first-order chi connectivity index (χ1) is 14.9. The summed E-state index contributed by atoms with van der Waals surface area (Å²) in [6, 6.07) is 0. The summed E-state index contributed by atoms with van der Waals surface area (Å²) in [5, 5.41) is 9.95. The van der Waals surface area contributed by atoms with Crippen molar-refractivity contribution in [2.24, 2.45) is 0 Å². The molecule has 0 rings (SSSR count). The zero-order valence-electron chi connectivity index (χ0n) is 18.6. The fraction of sp³-hybridized carbons (Fsp3) is 0.625. The zero-order chi connectivity index (χ0) is 23.5. The summed E-state index contributed by atoms with van der Waals surface area (Å²) in [6.07, 6.45) is 20.0. The fourth-order valence-electron chi connectivity index (χ4n) is 2.48. The van der Waals surface area contributed by atoms with Crippen LogP contribution in [0, 0.1) is 49.4 Å². The van der Waals surface area contributed by atoms with E-state index in [1.807, 2.05) is 16.7 Å². The number of esters is 1. The highest BCUT2D eigenvalue weighted by atomic mass is 16.6. The molecule has 0 aromatic heterocycles. The number of aliphatic hydroxyl groups is 1. The first-order valence-electron chi connectivity index (χ1n) is 10.2. The summed E-state index contributed by atoms with van der Waals surface area (Å²) >= 11 is 0. The van der Waals surface area contributed by atoms with Gasteiger partial charge < -0.3 is 19.3 Å². The van der Waals surface area contributed by atoms with Crippen molar-refractivity contribution in [1.82, 2.24) is 9.80 Å². The first kappa shape index (κ1) is 28.5. The molecule has 0 amide bonds. The Morgan fingerprint density at radius 1 is 0.839 bits per heavy atom. The highest BCUT2D eigenvalue weighted by Gasteiger charge is 2.15. The Balaban J connectivity index is 4.05. The molecule has 0 aromatic carbocycles. The van der Waals surface area contributed by atoms with Gasteiger partial charge in [0.2, 0.25) is 0 Å². The van der Waals surface area contributed by atoms with Gasteiger partial charge in [-0.3, -0.25) is 14.6 Å². The average Bonchev–Trinajstić information content (AvgIpc) is 2.73. The summed E-state index contributed by atoms with van der Waals surface area (Å²) in [6.45, 7) is 6.51. The van der Waals surface area contributed by atoms with Crippen LogP contribution in [-0.4, -0.2) is 91.9 Å². The largest absolute Gasteiger partial charge is 0.460 e. The number of rotatable bonds is 17. The molecule has 7 nitrogen and oxygen atoms in total. The summed E-state index contributed by atoms with van der Waals surface area (Å²) in [7, 11) is 0. The van der Waals surface area contributed by atoms with Gasteiger partial charge in [-0.15, -0.1) is 25.7 Å². The third-order valence-corrected chi connectivity index (χ3v) is 4.06. The molecule has 3 unspecified atom stereocenters. The lowest BCUT2D eigenvalue weighted by Crippen LogP contribution is -2.31. The van der Waals surface area contributed by atoms with Crippen LogP contribution < -0.4 is 0 Å². The standard InChI is InChI=1S/C24H34N2O5/c1-7-13-25(14-8-2)17-11-23(27)30-19-21(5)29-20-22(6)31-24(28)12-18-26(15-9-3)16-10-4/h1-4,21-23,27H,11-20H2,5-6H3. The minimum absolute atomic E-state index is 0.189. The van der Waals surface area contributed by atoms with Crippen molar-refractivity contribution in [3.63, 3.8) is 0 Å². The summed E-state index contributed by atoms with van der Waals surface area (Å²) in [5.74, 6) is 9.71. The lowest BCUT2D eigenvalue weighted by atomic mass is 10.3. The van der Waals surface area contributed by atoms with Gasteiger partial charge in [-0.25, -0.2) is 0 Å². The molecule has 0 saturated carbocycles. The van der Waals surface area contributed by atoms with Crippen LogP contribution in [0.4, 0.5) is 0 Å². The first-order valence-corrected chi connectivity index (χ1v) is 10.2. The summed E-state index contributed by atoms with van der Waals surface area (Å²) in [4.78, 5) is 15.6. The highest BCUT2D eigenvalue weighted by molar-refractivity contribution is 5.69. The summed E-state index contributed by atoms with van der Waals surface area (Å²) in [5.41, 5.74) is 0. The van der Waals surface area contributed by atoms with Crippen molar-refractivity contribution in [3.8, 4) is 49.4 Å². The molecule has 0 fully saturated rings. The number of carbonyl (C=O) groups excluding carboxylic acids is 1. The lowest BCUT2D eigenvalue weighted by molar-refractivity contribution is -0.156. The van der Waals surface area contributed by atoms with Crippen LogP contribution in [0.5, 0.6) is 0 Å². The predicted octanol–water partition coefficient (Wildman–Crippen LogP) is 0.575. The van der Waals surface area contributed by atoms with Crippen molar-refractivity contribution in [2.75, 3.05) is 52.5 Å². The van der Waals surface area contributed by atoms with Crippen LogP contribution in [0.25, 0.3) is 0 Å². The summed E-state index contributed by atoms with van der Waals surface area (Å²) < 4.78 is 16.3. The molecule has 0 radical (unpaired) electrons. The van der Waals surface area contributed by atoms with Crippen molar-refractivity contribution < 1.29 is 24.1 Å². The molecular formula is C24H34N2O5. The third kappa shape index (κ3) is 15.9. The molecule has 0 aliphatic carbocycles. The maximum absolute atomic E-state index is 12.0. The molecule has 0 bridgehead atoms. The molecule has 0 aliphatic heterocycles. The molecule has 170 valence electrons. The van der Waals surface area contributed by atoms with Crippen molar-refractivity contribution >= 4 is 5.97 Å². The number of nitrogens with zero attached hydrogens (tertiary/aromatic N) is 2. The normalized spacial score (nSPS) is 13.5. The monoisotopic (exact) mass is 430 g/mol. The van der Waals surface area contributed by atoms with E-state index in [0.717, 1.165) is 0 Å². The predicted molar refractivity (Wildman–Crippen MR) is 120 cm³/mol. The van der Waals surface area contributed by atoms with Crippen molar-refractivity contribution in [2.45, 2.75) is 45.2 Å². The van der Waals surface area contributed by atoms with Gasteiger partial charge in [0.25, 0.3) is 0 Å². The van der Waals surface area contributed by atoms with Crippen LogP contribution in [-0.2, 0) is 19.0 Å². The smallest absolute Gasteiger partial charge is 0.307 e. The van der Waals surface area contributed by atoms with Crippen LogP contribution in [0.1, 0.15) is 26.7 Å². The SMILES string of the molecule is C#CCN(CC#C)CCC(=O)OC(C)COC(C)COC(O)CCN(CC#C)CC#C. The van der Waals surface area contributed by atoms with Crippen LogP contribution in [0.3, 0.4) is 0 Å². The van der Waals surface area contributed by atoms with Gasteiger partial charge in [-0.2, -0.15) is 0 Å². The highest BCUT2D eigenvalue weighted by Crippen LogP contribution is 2.04. The Labute approximate surface area is 187 Å². The second kappa shape index (κ2) is 18.3. The van der Waals surface area contributed by atoms with Gasteiger partial charge in [-0.1, -0.05) is 23.7 Å². The fourth-order valence-corrected chi connectivity index (χ4v) is 2.48. The molecule has 0 spiro atoms. The molecule has 7 heteroatoms. The molecule has 0 saturated heterocycles. The zero-order valence-corrected chi connectivity index (χ0v) is 18.6. The average molecular weight is 431 g/mol. The Bertz CT molecular complexity index is 635. The molecule has 31 heavy (non-hydrogen) atoms. The van der Waals surface area contributed by atoms with Crippen LogP contribution in [0.15, 0.2) is 0 Å². The minimum atomic E-state index is -0.951. The number of terminal acetylenes is 4. The lowest BCUT2D eigenvalue weighted by Gasteiger charge is -2.22. The van der Waals surface area contributed by atoms with Gasteiger partial charge >= 0.3 is 5.97 Å². The van der Waals surface area contributed by atoms with Gasteiger partial charge in [-0.05, 0) is 13.8 Å². The van der Waals surface area contributed by atoms with Gasteiger partial charge in [0, 0.05) is 19.5 Å². The number of ether oxygens (including phenoxy) is 3. The topological polar surface area (TPSA) is 71.5 Å². The Kier molecular flexibility index (Phi) is 16.8. The van der Waals surface area contributed by atoms with E-state index in [0.29, 0.717) is 45.7 Å². The second-order valence-corrected chi connectivity index (χ2v) is 7.01. The number of carbonyl (C=O) groups is 1. The quantitative estimate of drug-likeness (QED) is 0.206. The van der Waals surface area contributed by atoms with E-state index < -0.39 is 12.4 Å². The Morgan fingerprint density at radius 2 is 1.32 bits per heavy atom. The second-order valence-electron chi connectivity index (χ2n) is 7.01. The maximum Gasteiger partial charge on any atom is 0.307 e. The van der Waals surface area contributed by atoms with Gasteiger partial charge in [0.15, 0.2) is 6.29 Å². The van der Waals surface area contributed by atoms with Gasteiger partial charge in [0.05, 0.1) is 51.9 Å². The molecule has 0 aromatic rings. The minimum Gasteiger partial charge on any atom is -0.460 e. The number of hydrogen-bond acceptors (Lipinski definition) is 7. The van der Waals surface area contributed by atoms with Gasteiger partial charge in [0.1, 0.15) is 6.10 Å². The maximum atomic E-state index is 12.0. The molecule has 0 heterocycles.